The van der Waals surface area contributed by atoms with Crippen LogP contribution < -0.4 is 5.73 Å². The lowest BCUT2D eigenvalue weighted by Crippen LogP contribution is -2.16. The molecule has 1 aliphatic carbocycles. The number of nitrogens with two attached hydrogens (primary N) is 1. The lowest BCUT2D eigenvalue weighted by Gasteiger charge is -2.13. The Morgan fingerprint density at radius 2 is 2.40 bits per heavy atom. The molecule has 0 saturated heterocycles. The molecular formula is C11H15NO2S. The van der Waals surface area contributed by atoms with Crippen LogP contribution in [-0.2, 0) is 10.2 Å². The van der Waals surface area contributed by atoms with Crippen molar-refractivity contribution in [2.45, 2.75) is 24.7 Å². The van der Waals surface area contributed by atoms with E-state index in [0.29, 0.717) is 6.54 Å². The van der Waals surface area contributed by atoms with Crippen LogP contribution in [0, 0.1) is 0 Å². The van der Waals surface area contributed by atoms with Gasteiger partial charge in [0.2, 0.25) is 0 Å². The van der Waals surface area contributed by atoms with Gasteiger partial charge in [-0.05, 0) is 48.2 Å². The first-order valence-corrected chi connectivity index (χ1v) is 5.98. The maximum Gasteiger partial charge on any atom is 0.348 e. The molecule has 0 bridgehead atoms. The predicted molar refractivity (Wildman–Crippen MR) is 60.2 cm³/mol. The van der Waals surface area contributed by atoms with Gasteiger partial charge in [-0.15, -0.1) is 11.3 Å². The van der Waals surface area contributed by atoms with Gasteiger partial charge < -0.3 is 10.5 Å². The van der Waals surface area contributed by atoms with Crippen molar-refractivity contribution in [1.29, 1.82) is 0 Å². The number of hydrogen-bond donors (Lipinski definition) is 1. The molecule has 2 rings (SSSR count). The highest BCUT2D eigenvalue weighted by Crippen LogP contribution is 2.52. The van der Waals surface area contributed by atoms with Crippen LogP contribution in [0.2, 0.25) is 0 Å². The Morgan fingerprint density at radius 1 is 1.67 bits per heavy atom. The van der Waals surface area contributed by atoms with Crippen molar-refractivity contribution in [3.63, 3.8) is 0 Å². The van der Waals surface area contributed by atoms with E-state index >= 15 is 0 Å². The molecule has 0 atom stereocenters. The van der Waals surface area contributed by atoms with E-state index in [1.165, 1.54) is 18.4 Å². The van der Waals surface area contributed by atoms with E-state index in [1.54, 1.807) is 0 Å². The summed E-state index contributed by atoms with van der Waals surface area (Å²) >= 11 is 1.46. The molecule has 0 radical (unpaired) electrons. The number of carbonyl (C=O) groups excluding carboxylic acids is 1. The van der Waals surface area contributed by atoms with E-state index in [1.807, 2.05) is 11.4 Å². The smallest absolute Gasteiger partial charge is 0.348 e. The minimum Gasteiger partial charge on any atom is -0.465 e. The number of esters is 1. The van der Waals surface area contributed by atoms with Gasteiger partial charge in [-0.2, -0.15) is 0 Å². The van der Waals surface area contributed by atoms with Crippen LogP contribution in [0.4, 0.5) is 0 Å². The highest BCUT2D eigenvalue weighted by atomic mass is 32.1. The molecular weight excluding hydrogens is 210 g/mol. The summed E-state index contributed by atoms with van der Waals surface area (Å²) in [6.45, 7) is 0.677. The van der Waals surface area contributed by atoms with E-state index < -0.39 is 0 Å². The zero-order chi connectivity index (χ0) is 10.9. The third-order valence-corrected chi connectivity index (χ3v) is 3.98. The second-order valence-corrected chi connectivity index (χ2v) is 4.89. The molecule has 3 nitrogen and oxygen atoms in total. The van der Waals surface area contributed by atoms with Crippen LogP contribution in [0.25, 0.3) is 0 Å². The van der Waals surface area contributed by atoms with Crippen molar-refractivity contribution in [3.05, 3.63) is 21.9 Å². The van der Waals surface area contributed by atoms with Gasteiger partial charge in [0.05, 0.1) is 7.11 Å². The number of hydrogen-bond acceptors (Lipinski definition) is 4. The first-order chi connectivity index (χ1) is 7.23. The van der Waals surface area contributed by atoms with Crippen molar-refractivity contribution in [2.24, 2.45) is 5.73 Å². The zero-order valence-corrected chi connectivity index (χ0v) is 9.60. The predicted octanol–water partition coefficient (Wildman–Crippen LogP) is 1.92. The average Bonchev–Trinajstić information content (AvgIpc) is 2.85. The minimum atomic E-state index is -0.219. The van der Waals surface area contributed by atoms with Gasteiger partial charge in [-0.25, -0.2) is 4.79 Å². The molecule has 0 amide bonds. The fourth-order valence-electron chi connectivity index (χ4n) is 2.06. The third kappa shape index (κ3) is 1.79. The summed E-state index contributed by atoms with van der Waals surface area (Å²) in [4.78, 5) is 12.3. The fraction of sp³-hybridized carbons (Fsp3) is 0.545. The Hall–Kier alpha value is -0.870. The topological polar surface area (TPSA) is 52.3 Å². The van der Waals surface area contributed by atoms with E-state index in [0.717, 1.165) is 29.7 Å². The first kappa shape index (κ1) is 10.6. The van der Waals surface area contributed by atoms with Crippen LogP contribution in [0.15, 0.2) is 11.4 Å². The summed E-state index contributed by atoms with van der Waals surface area (Å²) < 4.78 is 4.78. The molecule has 1 aromatic heterocycles. The molecule has 15 heavy (non-hydrogen) atoms. The molecule has 0 spiro atoms. The SMILES string of the molecule is COC(=O)c1sccc1C1(CCN)CC1. The number of thiophene rings is 1. The van der Waals surface area contributed by atoms with Crippen molar-refractivity contribution >= 4 is 17.3 Å². The monoisotopic (exact) mass is 225 g/mol. The zero-order valence-electron chi connectivity index (χ0n) is 8.79. The Morgan fingerprint density at radius 3 is 2.93 bits per heavy atom. The van der Waals surface area contributed by atoms with Crippen LogP contribution in [0.3, 0.4) is 0 Å². The third-order valence-electron chi connectivity index (χ3n) is 3.08. The summed E-state index contributed by atoms with van der Waals surface area (Å²) in [6, 6.07) is 2.04. The van der Waals surface area contributed by atoms with Gasteiger partial charge in [-0.1, -0.05) is 0 Å². The van der Waals surface area contributed by atoms with Gasteiger partial charge in [0.25, 0.3) is 0 Å². The summed E-state index contributed by atoms with van der Waals surface area (Å²) in [5, 5.41) is 1.96. The minimum absolute atomic E-state index is 0.179. The maximum absolute atomic E-state index is 11.5. The first-order valence-electron chi connectivity index (χ1n) is 5.10. The number of ether oxygens (including phenoxy) is 1. The Kier molecular flexibility index (Phi) is 2.80. The van der Waals surface area contributed by atoms with Crippen LogP contribution in [0.5, 0.6) is 0 Å². The van der Waals surface area contributed by atoms with Crippen LogP contribution in [-0.4, -0.2) is 19.6 Å². The summed E-state index contributed by atoms with van der Waals surface area (Å²) in [7, 11) is 1.42. The number of methoxy groups -OCH3 is 1. The molecule has 1 saturated carbocycles. The van der Waals surface area contributed by atoms with Crippen molar-refractivity contribution < 1.29 is 9.53 Å². The van der Waals surface area contributed by atoms with E-state index in [4.69, 9.17) is 10.5 Å². The lowest BCUT2D eigenvalue weighted by atomic mass is 9.93. The average molecular weight is 225 g/mol. The molecule has 4 heteroatoms. The molecule has 0 unspecified atom stereocenters. The molecule has 1 fully saturated rings. The highest BCUT2D eigenvalue weighted by Gasteiger charge is 2.45. The molecule has 0 aromatic carbocycles. The fourth-order valence-corrected chi connectivity index (χ4v) is 2.99. The molecule has 82 valence electrons. The standard InChI is InChI=1S/C11H15NO2S/c1-14-10(13)9-8(2-7-15-9)11(3-4-11)5-6-12/h2,7H,3-6,12H2,1H3. The highest BCUT2D eigenvalue weighted by molar-refractivity contribution is 7.12. The second-order valence-electron chi connectivity index (χ2n) is 3.97. The van der Waals surface area contributed by atoms with Gasteiger partial charge in [0.1, 0.15) is 4.88 Å². The maximum atomic E-state index is 11.5. The Bertz CT molecular complexity index is 368. The van der Waals surface area contributed by atoms with E-state index in [-0.39, 0.29) is 11.4 Å². The Labute approximate surface area is 93.2 Å². The van der Waals surface area contributed by atoms with Crippen LogP contribution >= 0.6 is 11.3 Å². The lowest BCUT2D eigenvalue weighted by molar-refractivity contribution is 0.0604. The molecule has 1 heterocycles. The Balaban J connectivity index is 2.29. The number of carbonyl (C=O) groups is 1. The largest absolute Gasteiger partial charge is 0.465 e. The van der Waals surface area contributed by atoms with Gasteiger partial charge in [0.15, 0.2) is 0 Å². The summed E-state index contributed by atoms with van der Waals surface area (Å²) in [5.41, 5.74) is 6.93. The van der Waals surface area contributed by atoms with Gasteiger partial charge >= 0.3 is 5.97 Å². The van der Waals surface area contributed by atoms with E-state index in [2.05, 4.69) is 0 Å². The van der Waals surface area contributed by atoms with Crippen molar-refractivity contribution in [2.75, 3.05) is 13.7 Å². The molecule has 1 aliphatic rings. The van der Waals surface area contributed by atoms with E-state index in [9.17, 15) is 4.79 Å². The van der Waals surface area contributed by atoms with Crippen molar-refractivity contribution in [1.82, 2.24) is 0 Å². The number of rotatable bonds is 4. The molecule has 0 aliphatic heterocycles. The normalized spacial score (nSPS) is 17.5. The van der Waals surface area contributed by atoms with Gasteiger partial charge in [0, 0.05) is 0 Å². The van der Waals surface area contributed by atoms with Gasteiger partial charge in [-0.3, -0.25) is 0 Å². The summed E-state index contributed by atoms with van der Waals surface area (Å²) in [5.74, 6) is -0.219. The van der Waals surface area contributed by atoms with Crippen molar-refractivity contribution in [3.8, 4) is 0 Å². The van der Waals surface area contributed by atoms with Crippen LogP contribution in [0.1, 0.15) is 34.5 Å². The molecule has 2 N–H and O–H groups in total. The summed E-state index contributed by atoms with van der Waals surface area (Å²) in [6.07, 6.45) is 3.25. The molecule has 1 aromatic rings. The second kappa shape index (κ2) is 3.94. The quantitative estimate of drug-likeness (QED) is 0.796.